The van der Waals surface area contributed by atoms with Gasteiger partial charge in [-0.3, -0.25) is 4.79 Å². The quantitative estimate of drug-likeness (QED) is 0.429. The fraction of sp³-hybridized carbons (Fsp3) is 0.933. The SMILES string of the molecule is CCCCCCCCCCC(CCO)C(=O)OC. The Hall–Kier alpha value is -0.570. The van der Waals surface area contributed by atoms with Crippen molar-refractivity contribution in [1.82, 2.24) is 0 Å². The zero-order chi connectivity index (χ0) is 13.6. The van der Waals surface area contributed by atoms with E-state index in [1.165, 1.54) is 52.1 Å². The van der Waals surface area contributed by atoms with E-state index in [4.69, 9.17) is 9.84 Å². The van der Waals surface area contributed by atoms with Crippen molar-refractivity contribution >= 4 is 5.97 Å². The minimum Gasteiger partial charge on any atom is -0.469 e. The molecule has 0 rings (SSSR count). The molecule has 0 saturated carbocycles. The fourth-order valence-corrected chi connectivity index (χ4v) is 2.23. The molecular formula is C15H30O3. The first-order valence-electron chi connectivity index (χ1n) is 7.45. The van der Waals surface area contributed by atoms with E-state index in [2.05, 4.69) is 6.92 Å². The Morgan fingerprint density at radius 2 is 1.56 bits per heavy atom. The van der Waals surface area contributed by atoms with E-state index in [0.29, 0.717) is 6.42 Å². The van der Waals surface area contributed by atoms with Gasteiger partial charge in [0.1, 0.15) is 0 Å². The third-order valence-electron chi connectivity index (χ3n) is 3.42. The highest BCUT2D eigenvalue weighted by molar-refractivity contribution is 5.72. The van der Waals surface area contributed by atoms with Gasteiger partial charge in [-0.1, -0.05) is 58.3 Å². The molecule has 0 aliphatic rings. The summed E-state index contributed by atoms with van der Waals surface area (Å²) in [5.74, 6) is -0.285. The van der Waals surface area contributed by atoms with Crippen LogP contribution in [0.15, 0.2) is 0 Å². The first-order valence-corrected chi connectivity index (χ1v) is 7.45. The highest BCUT2D eigenvalue weighted by Gasteiger charge is 2.17. The zero-order valence-electron chi connectivity index (χ0n) is 12.1. The summed E-state index contributed by atoms with van der Waals surface area (Å²) in [6.07, 6.45) is 11.5. The van der Waals surface area contributed by atoms with E-state index in [-0.39, 0.29) is 18.5 Å². The second kappa shape index (κ2) is 12.9. The van der Waals surface area contributed by atoms with E-state index < -0.39 is 0 Å². The van der Waals surface area contributed by atoms with E-state index in [1.807, 2.05) is 0 Å². The van der Waals surface area contributed by atoms with Crippen LogP contribution in [0.4, 0.5) is 0 Å². The molecule has 0 bridgehead atoms. The lowest BCUT2D eigenvalue weighted by molar-refractivity contribution is -0.146. The number of aliphatic hydroxyl groups excluding tert-OH is 1. The predicted molar refractivity (Wildman–Crippen MR) is 74.4 cm³/mol. The Balaban J connectivity index is 3.46. The summed E-state index contributed by atoms with van der Waals surface area (Å²) in [5.41, 5.74) is 0. The highest BCUT2D eigenvalue weighted by Crippen LogP contribution is 2.16. The molecule has 1 atom stereocenters. The maximum Gasteiger partial charge on any atom is 0.308 e. The van der Waals surface area contributed by atoms with Gasteiger partial charge in [0.15, 0.2) is 0 Å². The van der Waals surface area contributed by atoms with Crippen molar-refractivity contribution in [2.75, 3.05) is 13.7 Å². The summed E-state index contributed by atoms with van der Waals surface area (Å²) < 4.78 is 4.74. The van der Waals surface area contributed by atoms with E-state index >= 15 is 0 Å². The molecule has 1 N–H and O–H groups in total. The molecule has 0 aromatic rings. The van der Waals surface area contributed by atoms with Gasteiger partial charge in [-0.25, -0.2) is 0 Å². The Kier molecular flexibility index (Phi) is 12.5. The van der Waals surface area contributed by atoms with Crippen molar-refractivity contribution in [3.8, 4) is 0 Å². The van der Waals surface area contributed by atoms with Crippen molar-refractivity contribution in [3.05, 3.63) is 0 Å². The van der Waals surface area contributed by atoms with Crippen LogP contribution in [0, 0.1) is 5.92 Å². The number of carbonyl (C=O) groups excluding carboxylic acids is 1. The summed E-state index contributed by atoms with van der Waals surface area (Å²) in [5, 5.41) is 8.90. The van der Waals surface area contributed by atoms with Gasteiger partial charge in [-0.05, 0) is 12.8 Å². The number of rotatable bonds is 12. The van der Waals surface area contributed by atoms with E-state index in [1.54, 1.807) is 0 Å². The van der Waals surface area contributed by atoms with Gasteiger partial charge in [0, 0.05) is 6.61 Å². The van der Waals surface area contributed by atoms with Crippen molar-refractivity contribution < 1.29 is 14.6 Å². The van der Waals surface area contributed by atoms with Gasteiger partial charge in [-0.2, -0.15) is 0 Å². The summed E-state index contributed by atoms with van der Waals surface area (Å²) >= 11 is 0. The Morgan fingerprint density at radius 3 is 2.06 bits per heavy atom. The molecule has 0 radical (unpaired) electrons. The zero-order valence-corrected chi connectivity index (χ0v) is 12.1. The van der Waals surface area contributed by atoms with Crippen LogP contribution in [0.5, 0.6) is 0 Å². The third-order valence-corrected chi connectivity index (χ3v) is 3.42. The number of aliphatic hydroxyl groups is 1. The second-order valence-electron chi connectivity index (χ2n) is 5.00. The van der Waals surface area contributed by atoms with E-state index in [0.717, 1.165) is 12.8 Å². The van der Waals surface area contributed by atoms with Crippen LogP contribution in [-0.2, 0) is 9.53 Å². The van der Waals surface area contributed by atoms with Crippen LogP contribution in [0.2, 0.25) is 0 Å². The van der Waals surface area contributed by atoms with Crippen molar-refractivity contribution in [1.29, 1.82) is 0 Å². The number of ether oxygens (including phenoxy) is 1. The molecule has 3 heteroatoms. The molecule has 0 fully saturated rings. The lowest BCUT2D eigenvalue weighted by atomic mass is 9.97. The average Bonchev–Trinajstić information content (AvgIpc) is 2.39. The maximum atomic E-state index is 11.4. The Morgan fingerprint density at radius 1 is 1.00 bits per heavy atom. The lowest BCUT2D eigenvalue weighted by Gasteiger charge is -2.12. The fourth-order valence-electron chi connectivity index (χ4n) is 2.23. The van der Waals surface area contributed by atoms with Gasteiger partial charge in [0.05, 0.1) is 13.0 Å². The lowest BCUT2D eigenvalue weighted by Crippen LogP contribution is -2.17. The number of esters is 1. The molecule has 0 aliphatic heterocycles. The standard InChI is InChI=1S/C15H30O3/c1-3-4-5-6-7-8-9-10-11-14(12-13-16)15(17)18-2/h14,16H,3-13H2,1-2H3. The molecular weight excluding hydrogens is 228 g/mol. The Bertz CT molecular complexity index is 192. The number of methoxy groups -OCH3 is 1. The molecule has 0 saturated heterocycles. The van der Waals surface area contributed by atoms with Gasteiger partial charge >= 0.3 is 5.97 Å². The molecule has 0 amide bonds. The van der Waals surface area contributed by atoms with E-state index in [9.17, 15) is 4.79 Å². The van der Waals surface area contributed by atoms with Crippen molar-refractivity contribution in [2.45, 2.75) is 71.1 Å². The molecule has 3 nitrogen and oxygen atoms in total. The van der Waals surface area contributed by atoms with Crippen LogP contribution < -0.4 is 0 Å². The second-order valence-corrected chi connectivity index (χ2v) is 5.00. The first-order chi connectivity index (χ1) is 8.76. The molecule has 18 heavy (non-hydrogen) atoms. The van der Waals surface area contributed by atoms with Crippen LogP contribution in [0.1, 0.15) is 71.1 Å². The maximum absolute atomic E-state index is 11.4. The smallest absolute Gasteiger partial charge is 0.308 e. The molecule has 0 aromatic carbocycles. The molecule has 0 spiro atoms. The topological polar surface area (TPSA) is 46.5 Å². The molecule has 0 heterocycles. The van der Waals surface area contributed by atoms with Crippen LogP contribution in [-0.4, -0.2) is 24.8 Å². The summed E-state index contributed by atoms with van der Waals surface area (Å²) in [4.78, 5) is 11.4. The molecule has 0 aromatic heterocycles. The van der Waals surface area contributed by atoms with Crippen molar-refractivity contribution in [3.63, 3.8) is 0 Å². The van der Waals surface area contributed by atoms with Crippen LogP contribution >= 0.6 is 0 Å². The number of unbranched alkanes of at least 4 members (excludes halogenated alkanes) is 7. The third kappa shape index (κ3) is 9.46. The molecule has 1 unspecified atom stereocenters. The summed E-state index contributed by atoms with van der Waals surface area (Å²) in [6, 6.07) is 0. The monoisotopic (exact) mass is 258 g/mol. The van der Waals surface area contributed by atoms with Gasteiger partial charge in [-0.15, -0.1) is 0 Å². The average molecular weight is 258 g/mol. The van der Waals surface area contributed by atoms with Gasteiger partial charge in [0.25, 0.3) is 0 Å². The minimum absolute atomic E-state index is 0.0663. The van der Waals surface area contributed by atoms with Crippen LogP contribution in [0.25, 0.3) is 0 Å². The van der Waals surface area contributed by atoms with Crippen molar-refractivity contribution in [2.24, 2.45) is 5.92 Å². The highest BCUT2D eigenvalue weighted by atomic mass is 16.5. The van der Waals surface area contributed by atoms with Gasteiger partial charge in [0.2, 0.25) is 0 Å². The largest absolute Gasteiger partial charge is 0.469 e. The predicted octanol–water partition coefficient (Wildman–Crippen LogP) is 3.69. The summed E-state index contributed by atoms with van der Waals surface area (Å²) in [7, 11) is 1.42. The normalized spacial score (nSPS) is 12.4. The number of hydrogen-bond acceptors (Lipinski definition) is 3. The molecule has 0 aliphatic carbocycles. The number of carbonyl (C=O) groups is 1. The Labute approximate surface area is 112 Å². The molecule has 108 valence electrons. The summed E-state index contributed by atoms with van der Waals surface area (Å²) in [6.45, 7) is 2.30. The minimum atomic E-state index is -0.174. The van der Waals surface area contributed by atoms with Gasteiger partial charge < -0.3 is 9.84 Å². The van der Waals surface area contributed by atoms with Crippen LogP contribution in [0.3, 0.4) is 0 Å². The number of hydrogen-bond donors (Lipinski definition) is 1. The first kappa shape index (κ1) is 17.4.